The van der Waals surface area contributed by atoms with Gasteiger partial charge in [0.1, 0.15) is 17.6 Å². The Morgan fingerprint density at radius 1 is 0.872 bits per heavy atom. The first-order valence-electron chi connectivity index (χ1n) is 13.3. The maximum Gasteiger partial charge on any atom is 0.261 e. The molecule has 0 aliphatic heterocycles. The van der Waals surface area contributed by atoms with Crippen LogP contribution in [0.15, 0.2) is 83.5 Å². The molecule has 0 aliphatic rings. The molecule has 3 rings (SSSR count). The molecule has 39 heavy (non-hydrogen) atoms. The Morgan fingerprint density at radius 3 is 2.15 bits per heavy atom. The van der Waals surface area contributed by atoms with Crippen LogP contribution in [-0.2, 0) is 26.6 Å². The Balaban J connectivity index is 1.69. The van der Waals surface area contributed by atoms with Crippen LogP contribution in [0.1, 0.15) is 44.9 Å². The minimum Gasteiger partial charge on any atom is -0.481 e. The Hall–Kier alpha value is -3.52. The third-order valence-electron chi connectivity index (χ3n) is 6.08. The number of furan rings is 1. The molecule has 2 N–H and O–H groups in total. The summed E-state index contributed by atoms with van der Waals surface area (Å²) in [6, 6.07) is 20.9. The van der Waals surface area contributed by atoms with Crippen molar-refractivity contribution in [1.29, 1.82) is 0 Å². The van der Waals surface area contributed by atoms with Gasteiger partial charge in [-0.05, 0) is 55.0 Å². The van der Waals surface area contributed by atoms with Gasteiger partial charge < -0.3 is 19.8 Å². The Kier molecular flexibility index (Phi) is 12.2. The molecule has 208 valence electrons. The first-order valence-corrected chi connectivity index (χ1v) is 14.5. The molecule has 0 radical (unpaired) electrons. The zero-order valence-electron chi connectivity index (χ0n) is 22.8. The number of hydrogen-bond donors (Lipinski definition) is 2. The second kappa shape index (κ2) is 15.8. The number of amides is 2. The number of thioether (sulfide) groups is 1. The molecule has 0 bridgehead atoms. The number of ketones is 1. The smallest absolute Gasteiger partial charge is 0.261 e. The quantitative estimate of drug-likeness (QED) is 0.255. The lowest BCUT2D eigenvalue weighted by molar-refractivity contribution is -0.134. The van der Waals surface area contributed by atoms with Crippen LogP contribution < -0.4 is 15.4 Å². The summed E-state index contributed by atoms with van der Waals surface area (Å²) >= 11 is 1.44. The molecule has 1 aromatic heterocycles. The van der Waals surface area contributed by atoms with Crippen LogP contribution >= 0.6 is 11.8 Å². The van der Waals surface area contributed by atoms with E-state index in [0.717, 1.165) is 11.3 Å². The van der Waals surface area contributed by atoms with Crippen molar-refractivity contribution < 1.29 is 23.5 Å². The molecule has 0 spiro atoms. The average Bonchev–Trinajstić information content (AvgIpc) is 3.45. The van der Waals surface area contributed by atoms with E-state index in [2.05, 4.69) is 10.6 Å². The Morgan fingerprint density at radius 2 is 1.54 bits per heavy atom. The summed E-state index contributed by atoms with van der Waals surface area (Å²) in [6.45, 7) is 5.84. The molecular formula is C31H38N2O5S. The summed E-state index contributed by atoms with van der Waals surface area (Å²) in [5.74, 6) is 1.49. The van der Waals surface area contributed by atoms with Gasteiger partial charge in [0.25, 0.3) is 5.91 Å². The molecule has 0 fully saturated rings. The first-order chi connectivity index (χ1) is 18.9. The van der Waals surface area contributed by atoms with Gasteiger partial charge in [-0.2, -0.15) is 0 Å². The minimum absolute atomic E-state index is 0.0859. The Labute approximate surface area is 235 Å². The van der Waals surface area contributed by atoms with Gasteiger partial charge in [0.2, 0.25) is 5.91 Å². The number of Topliss-reactive ketones (excluding diaryl/α,β-unsaturated/α-hetero) is 1. The fraction of sp³-hybridized carbons (Fsp3) is 0.387. The van der Waals surface area contributed by atoms with Crippen LogP contribution in [0.5, 0.6) is 5.75 Å². The summed E-state index contributed by atoms with van der Waals surface area (Å²) in [5, 5.41) is 5.83. The number of nitrogens with one attached hydrogen (secondary N) is 2. The van der Waals surface area contributed by atoms with Crippen molar-refractivity contribution >= 4 is 29.4 Å². The molecule has 3 aromatic rings. The second-order valence-corrected chi connectivity index (χ2v) is 10.8. The second-order valence-electron chi connectivity index (χ2n) is 9.81. The minimum atomic E-state index is -0.798. The van der Waals surface area contributed by atoms with Gasteiger partial charge in [0, 0.05) is 0 Å². The monoisotopic (exact) mass is 550 g/mol. The van der Waals surface area contributed by atoms with Crippen LogP contribution in [0.2, 0.25) is 0 Å². The zero-order valence-corrected chi connectivity index (χ0v) is 23.6. The number of carbonyl (C=O) groups is 3. The SMILES string of the molecule is CCC(Oc1ccccc1)C(=O)N[C@@H](CC(C)C)C(=O)N[C@@H](Cc1ccccc1)C(=O)CSCc1ccco1. The molecule has 1 unspecified atom stereocenters. The van der Waals surface area contributed by atoms with Gasteiger partial charge in [0.15, 0.2) is 11.9 Å². The van der Waals surface area contributed by atoms with Gasteiger partial charge in [-0.15, -0.1) is 11.8 Å². The molecule has 0 saturated carbocycles. The highest BCUT2D eigenvalue weighted by molar-refractivity contribution is 7.99. The highest BCUT2D eigenvalue weighted by atomic mass is 32.2. The fourth-order valence-corrected chi connectivity index (χ4v) is 4.94. The first kappa shape index (κ1) is 30.0. The lowest BCUT2D eigenvalue weighted by atomic mass is 9.99. The van der Waals surface area contributed by atoms with E-state index in [1.165, 1.54) is 11.8 Å². The molecule has 7 nitrogen and oxygen atoms in total. The van der Waals surface area contributed by atoms with Crippen molar-refractivity contribution in [2.45, 2.75) is 64.0 Å². The van der Waals surface area contributed by atoms with E-state index in [1.807, 2.05) is 81.4 Å². The third-order valence-corrected chi connectivity index (χ3v) is 7.06. The lowest BCUT2D eigenvalue weighted by Crippen LogP contribution is -2.54. The fourth-order valence-electron chi connectivity index (χ4n) is 4.07. The van der Waals surface area contributed by atoms with Crippen molar-refractivity contribution in [3.8, 4) is 5.75 Å². The summed E-state index contributed by atoms with van der Waals surface area (Å²) < 4.78 is 11.2. The maximum absolute atomic E-state index is 13.5. The van der Waals surface area contributed by atoms with E-state index in [4.69, 9.17) is 9.15 Å². The predicted molar refractivity (Wildman–Crippen MR) is 154 cm³/mol. The molecule has 0 aliphatic carbocycles. The molecule has 1 heterocycles. The van der Waals surface area contributed by atoms with Crippen LogP contribution in [0.4, 0.5) is 0 Å². The highest BCUT2D eigenvalue weighted by Gasteiger charge is 2.30. The van der Waals surface area contributed by atoms with Gasteiger partial charge in [0.05, 0.1) is 23.8 Å². The predicted octanol–water partition coefficient (Wildman–Crippen LogP) is 5.20. The van der Waals surface area contributed by atoms with E-state index in [0.29, 0.717) is 30.8 Å². The van der Waals surface area contributed by atoms with Gasteiger partial charge >= 0.3 is 0 Å². The molecule has 2 amide bonds. The lowest BCUT2D eigenvalue weighted by Gasteiger charge is -2.26. The highest BCUT2D eigenvalue weighted by Crippen LogP contribution is 2.16. The van der Waals surface area contributed by atoms with Crippen molar-refractivity contribution in [3.63, 3.8) is 0 Å². The number of carbonyl (C=O) groups excluding carboxylic acids is 3. The molecular weight excluding hydrogens is 512 g/mol. The summed E-state index contributed by atoms with van der Waals surface area (Å²) in [7, 11) is 0. The largest absolute Gasteiger partial charge is 0.481 e. The van der Waals surface area contributed by atoms with Gasteiger partial charge in [-0.25, -0.2) is 0 Å². The Bertz CT molecular complexity index is 1150. The maximum atomic E-state index is 13.5. The van der Waals surface area contributed by atoms with Gasteiger partial charge in [-0.3, -0.25) is 14.4 Å². The number of benzene rings is 2. The molecule has 8 heteroatoms. The topological polar surface area (TPSA) is 97.6 Å². The number of para-hydroxylation sites is 1. The number of ether oxygens (including phenoxy) is 1. The van der Waals surface area contributed by atoms with Crippen LogP contribution in [-0.4, -0.2) is 41.5 Å². The van der Waals surface area contributed by atoms with Crippen LogP contribution in [0, 0.1) is 5.92 Å². The zero-order chi connectivity index (χ0) is 28.0. The van der Waals surface area contributed by atoms with E-state index in [-0.39, 0.29) is 29.3 Å². The number of hydrogen-bond acceptors (Lipinski definition) is 6. The standard InChI is InChI=1S/C31H38N2O5S/c1-4-29(38-24-14-9-6-10-15-24)31(36)33-27(18-22(2)3)30(35)32-26(19-23-12-7-5-8-13-23)28(34)21-39-20-25-16-11-17-37-25/h5-17,22,26-27,29H,4,18-21H2,1-3H3,(H,32,35)(H,33,36)/t26-,27-,29?/m0/s1. The molecule has 2 aromatic carbocycles. The number of rotatable bonds is 16. The van der Waals surface area contributed by atoms with Crippen molar-refractivity contribution in [2.75, 3.05) is 5.75 Å². The van der Waals surface area contributed by atoms with Crippen LogP contribution in [0.3, 0.4) is 0 Å². The van der Waals surface area contributed by atoms with Gasteiger partial charge in [-0.1, -0.05) is 69.3 Å². The van der Waals surface area contributed by atoms with E-state index < -0.39 is 18.2 Å². The van der Waals surface area contributed by atoms with E-state index >= 15 is 0 Å². The van der Waals surface area contributed by atoms with E-state index in [1.54, 1.807) is 18.4 Å². The summed E-state index contributed by atoms with van der Waals surface area (Å²) in [4.78, 5) is 39.9. The van der Waals surface area contributed by atoms with Crippen molar-refractivity contribution in [1.82, 2.24) is 10.6 Å². The molecule has 0 saturated heterocycles. The van der Waals surface area contributed by atoms with Crippen LogP contribution in [0.25, 0.3) is 0 Å². The van der Waals surface area contributed by atoms with Crippen molar-refractivity contribution in [2.24, 2.45) is 5.92 Å². The third kappa shape index (κ3) is 10.3. The van der Waals surface area contributed by atoms with Crippen molar-refractivity contribution in [3.05, 3.63) is 90.4 Å². The average molecular weight is 551 g/mol. The summed E-state index contributed by atoms with van der Waals surface area (Å²) in [5.41, 5.74) is 0.943. The molecule has 3 atom stereocenters. The van der Waals surface area contributed by atoms with E-state index in [9.17, 15) is 14.4 Å². The normalized spacial score (nSPS) is 13.3. The summed E-state index contributed by atoms with van der Waals surface area (Å²) in [6.07, 6.45) is 2.10.